The highest BCUT2D eigenvalue weighted by Gasteiger charge is 2.38. The van der Waals surface area contributed by atoms with Gasteiger partial charge in [0.25, 0.3) is 11.8 Å². The number of carbonyl (C=O) groups excluding carboxylic acids is 2. The highest BCUT2D eigenvalue weighted by atomic mass is 35.5. The van der Waals surface area contributed by atoms with E-state index >= 15 is 0 Å². The Morgan fingerprint density at radius 1 is 1.04 bits per heavy atom. The second kappa shape index (κ2) is 7.40. The van der Waals surface area contributed by atoms with Crippen LogP contribution in [0.4, 0.5) is 11.4 Å². The number of halogens is 2. The average Bonchev–Trinajstić information content (AvgIpc) is 2.83. The van der Waals surface area contributed by atoms with Gasteiger partial charge in [0.1, 0.15) is 16.5 Å². The summed E-state index contributed by atoms with van der Waals surface area (Å²) in [6.07, 6.45) is 0. The molecule has 0 saturated carbocycles. The molecule has 1 aliphatic heterocycles. The Kier molecular flexibility index (Phi) is 5.20. The highest BCUT2D eigenvalue weighted by Crippen LogP contribution is 2.31. The predicted molar refractivity (Wildman–Crippen MR) is 103 cm³/mol. The third-order valence-corrected chi connectivity index (χ3v) is 4.63. The molecule has 0 aliphatic carbocycles. The lowest BCUT2D eigenvalue weighted by Crippen LogP contribution is -2.32. The van der Waals surface area contributed by atoms with Crippen LogP contribution in [0.15, 0.2) is 53.2 Å². The van der Waals surface area contributed by atoms with E-state index in [2.05, 4.69) is 5.32 Å². The van der Waals surface area contributed by atoms with Crippen LogP contribution < -0.4 is 15.0 Å². The molecule has 26 heavy (non-hydrogen) atoms. The lowest BCUT2D eigenvalue weighted by atomic mass is 10.2. The second-order valence-corrected chi connectivity index (χ2v) is 6.44. The molecule has 0 bridgehead atoms. The summed E-state index contributed by atoms with van der Waals surface area (Å²) < 4.78 is 5.37. The Bertz CT molecular complexity index is 908. The van der Waals surface area contributed by atoms with E-state index in [1.165, 1.54) is 0 Å². The molecule has 1 heterocycles. The summed E-state index contributed by atoms with van der Waals surface area (Å²) in [5.41, 5.74) is 1.91. The molecule has 134 valence electrons. The molecule has 0 saturated heterocycles. The molecule has 2 aromatic rings. The third-order valence-electron chi connectivity index (χ3n) is 3.87. The van der Waals surface area contributed by atoms with Crippen molar-refractivity contribution in [1.29, 1.82) is 0 Å². The minimum Gasteiger partial charge on any atom is -0.494 e. The molecule has 0 spiro atoms. The van der Waals surface area contributed by atoms with E-state index in [0.29, 0.717) is 28.8 Å². The zero-order valence-corrected chi connectivity index (χ0v) is 15.7. The van der Waals surface area contributed by atoms with E-state index in [9.17, 15) is 9.59 Å². The van der Waals surface area contributed by atoms with Crippen molar-refractivity contribution < 1.29 is 14.3 Å². The first-order valence-corrected chi connectivity index (χ1v) is 8.72. The molecule has 5 nitrogen and oxygen atoms in total. The molecular weight excluding hydrogens is 375 g/mol. The first kappa shape index (κ1) is 18.3. The number of hydrogen-bond acceptors (Lipinski definition) is 4. The zero-order valence-electron chi connectivity index (χ0n) is 14.2. The molecule has 1 aliphatic rings. The van der Waals surface area contributed by atoms with Gasteiger partial charge in [-0.05, 0) is 55.8 Å². The van der Waals surface area contributed by atoms with Crippen molar-refractivity contribution in [3.05, 3.63) is 63.8 Å². The fourth-order valence-electron chi connectivity index (χ4n) is 2.52. The summed E-state index contributed by atoms with van der Waals surface area (Å²) in [6.45, 7) is 4.28. The molecule has 0 radical (unpaired) electrons. The van der Waals surface area contributed by atoms with Crippen LogP contribution in [0.2, 0.25) is 5.02 Å². The van der Waals surface area contributed by atoms with Gasteiger partial charge in [-0.2, -0.15) is 0 Å². The molecule has 0 atom stereocenters. The maximum absolute atomic E-state index is 12.7. The van der Waals surface area contributed by atoms with Crippen molar-refractivity contribution in [2.75, 3.05) is 16.8 Å². The van der Waals surface area contributed by atoms with Crippen LogP contribution in [0.3, 0.4) is 0 Å². The summed E-state index contributed by atoms with van der Waals surface area (Å²) in [7, 11) is 0. The van der Waals surface area contributed by atoms with Gasteiger partial charge in [-0.1, -0.05) is 29.3 Å². The summed E-state index contributed by atoms with van der Waals surface area (Å²) in [6, 6.07) is 11.9. The van der Waals surface area contributed by atoms with Gasteiger partial charge in [-0.15, -0.1) is 0 Å². The van der Waals surface area contributed by atoms with Gasteiger partial charge in [0, 0.05) is 10.7 Å². The monoisotopic (exact) mass is 390 g/mol. The van der Waals surface area contributed by atoms with E-state index in [-0.39, 0.29) is 10.7 Å². The molecule has 3 rings (SSSR count). The fraction of sp³-hybridized carbons (Fsp3) is 0.158. The standard InChI is InChI=1S/C19H16Cl2N2O3/c1-3-26-14-8-6-13(7-9-14)23-18(24)16(21)17(19(23)25)22-12-5-4-11(2)15(20)10-12/h4-10,22H,3H2,1-2H3. The van der Waals surface area contributed by atoms with Gasteiger partial charge in [0.2, 0.25) is 0 Å². The highest BCUT2D eigenvalue weighted by molar-refractivity contribution is 6.53. The van der Waals surface area contributed by atoms with E-state index in [0.717, 1.165) is 10.5 Å². The van der Waals surface area contributed by atoms with Crippen molar-refractivity contribution >= 4 is 46.4 Å². The Balaban J connectivity index is 1.85. The number of benzene rings is 2. The van der Waals surface area contributed by atoms with Crippen molar-refractivity contribution in [3.63, 3.8) is 0 Å². The lowest BCUT2D eigenvalue weighted by molar-refractivity contribution is -0.120. The number of amides is 2. The first-order valence-electron chi connectivity index (χ1n) is 7.97. The Morgan fingerprint density at radius 3 is 2.35 bits per heavy atom. The van der Waals surface area contributed by atoms with Crippen LogP contribution in [-0.2, 0) is 9.59 Å². The Morgan fingerprint density at radius 2 is 1.73 bits per heavy atom. The maximum Gasteiger partial charge on any atom is 0.283 e. The van der Waals surface area contributed by atoms with Crippen molar-refractivity contribution in [3.8, 4) is 5.75 Å². The zero-order chi connectivity index (χ0) is 18.8. The van der Waals surface area contributed by atoms with E-state index in [1.54, 1.807) is 36.4 Å². The lowest BCUT2D eigenvalue weighted by Gasteiger charge is -2.15. The quantitative estimate of drug-likeness (QED) is 0.764. The predicted octanol–water partition coefficient (Wildman–Crippen LogP) is 4.48. The number of ether oxygens (including phenoxy) is 1. The van der Waals surface area contributed by atoms with Crippen molar-refractivity contribution in [2.24, 2.45) is 0 Å². The fourth-order valence-corrected chi connectivity index (χ4v) is 2.91. The van der Waals surface area contributed by atoms with Crippen LogP contribution in [-0.4, -0.2) is 18.4 Å². The Hall–Kier alpha value is -2.50. The van der Waals surface area contributed by atoms with Crippen LogP contribution in [0, 0.1) is 6.92 Å². The molecule has 2 aromatic carbocycles. The molecule has 1 N–H and O–H groups in total. The van der Waals surface area contributed by atoms with Crippen LogP contribution in [0.5, 0.6) is 5.75 Å². The number of imide groups is 1. The van der Waals surface area contributed by atoms with Gasteiger partial charge in [-0.25, -0.2) is 4.90 Å². The summed E-state index contributed by atoms with van der Waals surface area (Å²) in [4.78, 5) is 26.2. The van der Waals surface area contributed by atoms with Crippen LogP contribution >= 0.6 is 23.2 Å². The van der Waals surface area contributed by atoms with Gasteiger partial charge in [0.05, 0.1) is 12.3 Å². The number of anilines is 2. The summed E-state index contributed by atoms with van der Waals surface area (Å²) in [5, 5.41) is 3.28. The van der Waals surface area contributed by atoms with Gasteiger partial charge in [-0.3, -0.25) is 9.59 Å². The summed E-state index contributed by atoms with van der Waals surface area (Å²) in [5.74, 6) is -0.454. The third kappa shape index (κ3) is 3.41. The molecule has 0 aromatic heterocycles. The van der Waals surface area contributed by atoms with Gasteiger partial charge < -0.3 is 10.1 Å². The number of nitrogens with zero attached hydrogens (tertiary/aromatic N) is 1. The smallest absolute Gasteiger partial charge is 0.283 e. The van der Waals surface area contributed by atoms with E-state index < -0.39 is 11.8 Å². The number of aryl methyl sites for hydroxylation is 1. The number of rotatable bonds is 5. The van der Waals surface area contributed by atoms with E-state index in [1.807, 2.05) is 19.9 Å². The van der Waals surface area contributed by atoms with Crippen LogP contribution in [0.1, 0.15) is 12.5 Å². The van der Waals surface area contributed by atoms with Gasteiger partial charge in [0.15, 0.2) is 0 Å². The van der Waals surface area contributed by atoms with E-state index in [4.69, 9.17) is 27.9 Å². The second-order valence-electron chi connectivity index (χ2n) is 5.65. The average molecular weight is 391 g/mol. The Labute approximate surface area is 161 Å². The van der Waals surface area contributed by atoms with Crippen LogP contribution in [0.25, 0.3) is 0 Å². The van der Waals surface area contributed by atoms with Gasteiger partial charge >= 0.3 is 0 Å². The minimum absolute atomic E-state index is 0.0190. The largest absolute Gasteiger partial charge is 0.494 e. The normalized spacial score (nSPS) is 14.2. The molecule has 0 unspecified atom stereocenters. The van der Waals surface area contributed by atoms with Crippen molar-refractivity contribution in [2.45, 2.75) is 13.8 Å². The molecular formula is C19H16Cl2N2O3. The number of nitrogens with one attached hydrogen (secondary N) is 1. The molecule has 7 heteroatoms. The molecule has 0 fully saturated rings. The van der Waals surface area contributed by atoms with Crippen molar-refractivity contribution in [1.82, 2.24) is 0 Å². The maximum atomic E-state index is 12.7. The first-order chi connectivity index (χ1) is 12.4. The minimum atomic E-state index is -0.582. The SMILES string of the molecule is CCOc1ccc(N2C(=O)C(Cl)=C(Nc3ccc(C)c(Cl)c3)C2=O)cc1. The molecule has 2 amide bonds. The topological polar surface area (TPSA) is 58.6 Å². The summed E-state index contributed by atoms with van der Waals surface area (Å²) >= 11 is 12.2. The number of hydrogen-bond donors (Lipinski definition) is 1. The number of carbonyl (C=O) groups is 2.